The number of hydrogen-bond acceptors (Lipinski definition) is 6. The number of carbonyl (C=O) groups excluding carboxylic acids is 2. The zero-order valence-corrected chi connectivity index (χ0v) is 21.6. The second-order valence-electron chi connectivity index (χ2n) is 9.25. The fourth-order valence-electron chi connectivity index (χ4n) is 4.62. The zero-order chi connectivity index (χ0) is 29.1. The van der Waals surface area contributed by atoms with Gasteiger partial charge in [0.2, 0.25) is 0 Å². The quantitative estimate of drug-likeness (QED) is 0.158. The summed E-state index contributed by atoms with van der Waals surface area (Å²) in [5.74, 6) is -2.19. The number of aliphatic hydroxyl groups excluding tert-OH is 1. The normalized spacial score (nSPS) is 16.6. The first-order chi connectivity index (χ1) is 19.6. The number of benzene rings is 3. The van der Waals surface area contributed by atoms with Crippen molar-refractivity contribution in [2.24, 2.45) is 0 Å². The molecule has 1 amide bonds. The molecule has 2 heterocycles. The summed E-state index contributed by atoms with van der Waals surface area (Å²) in [4.78, 5) is 31.7. The predicted molar refractivity (Wildman–Crippen MR) is 144 cm³/mol. The third-order valence-electron chi connectivity index (χ3n) is 6.50. The van der Waals surface area contributed by atoms with Crippen LogP contribution in [-0.2, 0) is 16.2 Å². The first-order valence-corrected chi connectivity index (χ1v) is 12.5. The molecule has 0 bridgehead atoms. The third kappa shape index (κ3) is 5.91. The number of halogens is 3. The van der Waals surface area contributed by atoms with Crippen molar-refractivity contribution in [2.45, 2.75) is 25.9 Å². The molecular weight excluding hydrogens is 537 g/mol. The van der Waals surface area contributed by atoms with Crippen LogP contribution >= 0.6 is 0 Å². The lowest BCUT2D eigenvalue weighted by Crippen LogP contribution is -2.29. The summed E-state index contributed by atoms with van der Waals surface area (Å²) in [5.41, 5.74) is 2.41. The molecule has 1 fully saturated rings. The van der Waals surface area contributed by atoms with Gasteiger partial charge in [-0.15, -0.1) is 13.2 Å². The number of pyridine rings is 1. The molecule has 3 aromatic carbocycles. The fourth-order valence-corrected chi connectivity index (χ4v) is 4.62. The van der Waals surface area contributed by atoms with Gasteiger partial charge in [0.1, 0.15) is 23.9 Å². The zero-order valence-electron chi connectivity index (χ0n) is 21.6. The highest BCUT2D eigenvalue weighted by Gasteiger charge is 2.47. The molecule has 1 N–H and O–H groups in total. The van der Waals surface area contributed by atoms with Gasteiger partial charge in [-0.2, -0.15) is 0 Å². The second kappa shape index (κ2) is 11.2. The molecule has 10 heteroatoms. The van der Waals surface area contributed by atoms with Gasteiger partial charge in [-0.3, -0.25) is 19.5 Å². The first-order valence-electron chi connectivity index (χ1n) is 12.5. The molecule has 1 saturated heterocycles. The van der Waals surface area contributed by atoms with E-state index in [2.05, 4.69) is 9.72 Å². The van der Waals surface area contributed by atoms with Crippen molar-refractivity contribution in [3.8, 4) is 11.5 Å². The Morgan fingerprint density at radius 3 is 2.27 bits per heavy atom. The summed E-state index contributed by atoms with van der Waals surface area (Å²) in [5, 5.41) is 11.4. The van der Waals surface area contributed by atoms with Crippen molar-refractivity contribution in [1.82, 2.24) is 4.98 Å². The van der Waals surface area contributed by atoms with Crippen LogP contribution in [0.3, 0.4) is 0 Å². The van der Waals surface area contributed by atoms with E-state index in [0.29, 0.717) is 29.0 Å². The molecule has 5 rings (SSSR count). The number of Topliss-reactive ketones (excluding diaryl/α,β-unsaturated/α-hetero) is 1. The van der Waals surface area contributed by atoms with Gasteiger partial charge in [-0.25, -0.2) is 0 Å². The van der Waals surface area contributed by atoms with E-state index in [0.717, 1.165) is 22.6 Å². The molecule has 4 aromatic rings. The summed E-state index contributed by atoms with van der Waals surface area (Å²) in [6.45, 7) is 2.13. The van der Waals surface area contributed by atoms with Gasteiger partial charge >= 0.3 is 6.36 Å². The van der Waals surface area contributed by atoms with E-state index in [1.165, 1.54) is 24.5 Å². The molecule has 0 saturated carbocycles. The van der Waals surface area contributed by atoms with Crippen molar-refractivity contribution < 1.29 is 37.3 Å². The van der Waals surface area contributed by atoms with E-state index in [4.69, 9.17) is 4.74 Å². The van der Waals surface area contributed by atoms with Gasteiger partial charge in [0.25, 0.3) is 11.7 Å². The van der Waals surface area contributed by atoms with Crippen molar-refractivity contribution in [3.63, 3.8) is 0 Å². The minimum absolute atomic E-state index is 0.142. The maximum absolute atomic E-state index is 13.3. The van der Waals surface area contributed by atoms with E-state index in [1.807, 2.05) is 30.3 Å². The summed E-state index contributed by atoms with van der Waals surface area (Å²) < 4.78 is 47.7. The summed E-state index contributed by atoms with van der Waals surface area (Å²) >= 11 is 0. The molecule has 7 nitrogen and oxygen atoms in total. The number of amides is 1. The number of aliphatic hydroxyl groups is 1. The minimum Gasteiger partial charge on any atom is -0.507 e. The second-order valence-corrected chi connectivity index (χ2v) is 9.25. The Balaban J connectivity index is 1.51. The number of rotatable bonds is 7. The van der Waals surface area contributed by atoms with Crippen molar-refractivity contribution in [2.75, 3.05) is 4.90 Å². The van der Waals surface area contributed by atoms with Crippen LogP contribution in [0.25, 0.3) is 5.76 Å². The van der Waals surface area contributed by atoms with E-state index in [1.54, 1.807) is 37.3 Å². The summed E-state index contributed by atoms with van der Waals surface area (Å²) in [6, 6.07) is 21.2. The van der Waals surface area contributed by atoms with Crippen LogP contribution in [-0.4, -0.2) is 28.1 Å². The molecule has 41 heavy (non-hydrogen) atoms. The van der Waals surface area contributed by atoms with E-state index in [-0.39, 0.29) is 11.3 Å². The Labute approximate surface area is 233 Å². The molecular formula is C31H23F3N2O5. The lowest BCUT2D eigenvalue weighted by atomic mass is 9.95. The highest BCUT2D eigenvalue weighted by Crippen LogP contribution is 2.42. The van der Waals surface area contributed by atoms with E-state index in [9.17, 15) is 27.9 Å². The molecule has 1 aromatic heterocycles. The molecule has 1 unspecified atom stereocenters. The van der Waals surface area contributed by atoms with Crippen molar-refractivity contribution in [1.29, 1.82) is 0 Å². The molecule has 0 spiro atoms. The summed E-state index contributed by atoms with van der Waals surface area (Å²) in [6.07, 6.45) is -1.94. The van der Waals surface area contributed by atoms with Gasteiger partial charge in [-0.1, -0.05) is 30.3 Å². The SMILES string of the molecule is Cc1cc(/C(O)=C2/C(=O)C(=O)N(c3ccc(OC(F)(F)F)cc3)C2c2ccncc2)ccc1OCc1ccccc1. The van der Waals surface area contributed by atoms with Crippen LogP contribution < -0.4 is 14.4 Å². The molecule has 1 atom stereocenters. The van der Waals surface area contributed by atoms with Gasteiger partial charge < -0.3 is 14.6 Å². The van der Waals surface area contributed by atoms with Gasteiger partial charge in [0.05, 0.1) is 11.6 Å². The Morgan fingerprint density at radius 2 is 1.63 bits per heavy atom. The fraction of sp³-hybridized carbons (Fsp3) is 0.129. The summed E-state index contributed by atoms with van der Waals surface area (Å²) in [7, 11) is 0. The number of hydrogen-bond donors (Lipinski definition) is 1. The van der Waals surface area contributed by atoms with Gasteiger partial charge in [0.15, 0.2) is 0 Å². The highest BCUT2D eigenvalue weighted by atomic mass is 19.4. The molecule has 0 aliphatic carbocycles. The Kier molecular flexibility index (Phi) is 7.47. The van der Waals surface area contributed by atoms with Gasteiger partial charge in [-0.05, 0) is 78.2 Å². The average molecular weight is 561 g/mol. The largest absolute Gasteiger partial charge is 0.573 e. The van der Waals surface area contributed by atoms with Crippen LogP contribution in [0.1, 0.15) is 28.3 Å². The Hall–Kier alpha value is -5.12. The van der Waals surface area contributed by atoms with E-state index >= 15 is 0 Å². The molecule has 0 radical (unpaired) electrons. The monoisotopic (exact) mass is 560 g/mol. The van der Waals surface area contributed by atoms with Crippen LogP contribution in [0.2, 0.25) is 0 Å². The highest BCUT2D eigenvalue weighted by molar-refractivity contribution is 6.51. The van der Waals surface area contributed by atoms with Crippen LogP contribution in [0, 0.1) is 6.92 Å². The number of alkyl halides is 3. The number of aryl methyl sites for hydroxylation is 1. The number of nitrogens with zero attached hydrogens (tertiary/aromatic N) is 2. The predicted octanol–water partition coefficient (Wildman–Crippen LogP) is 6.49. The van der Waals surface area contributed by atoms with Crippen molar-refractivity contribution >= 4 is 23.1 Å². The number of carbonyl (C=O) groups is 2. The van der Waals surface area contributed by atoms with E-state index < -0.39 is 35.6 Å². The van der Waals surface area contributed by atoms with Crippen LogP contribution in [0.4, 0.5) is 18.9 Å². The lowest BCUT2D eigenvalue weighted by molar-refractivity contribution is -0.274. The number of ether oxygens (including phenoxy) is 2. The lowest BCUT2D eigenvalue weighted by Gasteiger charge is -2.25. The smallest absolute Gasteiger partial charge is 0.507 e. The first kappa shape index (κ1) is 27.4. The van der Waals surface area contributed by atoms with Crippen LogP contribution in [0.15, 0.2) is 103 Å². The number of aromatic nitrogens is 1. The topological polar surface area (TPSA) is 89.0 Å². The minimum atomic E-state index is -4.89. The third-order valence-corrected chi connectivity index (χ3v) is 6.50. The maximum Gasteiger partial charge on any atom is 0.573 e. The van der Waals surface area contributed by atoms with Crippen LogP contribution in [0.5, 0.6) is 11.5 Å². The molecule has 1 aliphatic rings. The Bertz CT molecular complexity index is 1600. The standard InChI is InChI=1S/C31H23F3N2O5/c1-19-17-22(7-12-25(19)40-18-20-5-3-2-4-6-20)28(37)26-27(21-13-15-35-16-14-21)36(30(39)29(26)38)23-8-10-24(11-9-23)41-31(32,33)34/h2-17,27,37H,18H2,1H3/b28-26-. The van der Waals surface area contributed by atoms with Gasteiger partial charge in [0, 0.05) is 23.6 Å². The average Bonchev–Trinajstić information content (AvgIpc) is 3.22. The molecule has 208 valence electrons. The van der Waals surface area contributed by atoms with Crippen molar-refractivity contribution in [3.05, 3.63) is 125 Å². The Morgan fingerprint density at radius 1 is 0.951 bits per heavy atom. The number of ketones is 1. The number of anilines is 1. The molecule has 1 aliphatic heterocycles. The maximum atomic E-state index is 13.3.